The Labute approximate surface area is 126 Å². The van der Waals surface area contributed by atoms with Crippen molar-refractivity contribution in [2.75, 3.05) is 17.7 Å². The summed E-state index contributed by atoms with van der Waals surface area (Å²) in [5.41, 5.74) is 9.04. The number of nitrogens with two attached hydrogens (primary N) is 1. The van der Waals surface area contributed by atoms with Gasteiger partial charge in [-0.25, -0.2) is 0 Å². The maximum atomic E-state index is 6.06. The number of ether oxygens (including phenoxy) is 1. The molecule has 0 bridgehead atoms. The summed E-state index contributed by atoms with van der Waals surface area (Å²) >= 11 is 2.27. The topological polar surface area (TPSA) is 47.3 Å². The van der Waals surface area contributed by atoms with Crippen molar-refractivity contribution >= 4 is 34.0 Å². The van der Waals surface area contributed by atoms with Gasteiger partial charge in [-0.1, -0.05) is 18.2 Å². The van der Waals surface area contributed by atoms with Crippen LogP contribution in [0.25, 0.3) is 0 Å². The number of para-hydroxylation sites is 1. The number of halogens is 1. The van der Waals surface area contributed by atoms with Gasteiger partial charge in [-0.3, -0.25) is 0 Å². The summed E-state index contributed by atoms with van der Waals surface area (Å²) in [4.78, 5) is 0. The van der Waals surface area contributed by atoms with Crippen LogP contribution < -0.4 is 15.8 Å². The fourth-order valence-corrected chi connectivity index (χ4v) is 2.86. The predicted molar refractivity (Wildman–Crippen MR) is 86.5 cm³/mol. The van der Waals surface area contributed by atoms with Crippen LogP contribution in [0.15, 0.2) is 42.5 Å². The lowest BCUT2D eigenvalue weighted by Gasteiger charge is -2.27. The maximum Gasteiger partial charge on any atom is 0.124 e. The van der Waals surface area contributed by atoms with Gasteiger partial charge in [-0.2, -0.15) is 0 Å². The maximum absolute atomic E-state index is 6.06. The highest BCUT2D eigenvalue weighted by molar-refractivity contribution is 14.1. The Morgan fingerprint density at radius 3 is 2.89 bits per heavy atom. The molecule has 0 saturated heterocycles. The lowest BCUT2D eigenvalue weighted by atomic mass is 10.00. The molecule has 98 valence electrons. The average Bonchev–Trinajstić information content (AvgIpc) is 2.42. The lowest BCUT2D eigenvalue weighted by Crippen LogP contribution is -2.20. The molecule has 0 aliphatic carbocycles. The number of benzene rings is 2. The molecular formula is C15H15IN2O. The zero-order chi connectivity index (χ0) is 13.2. The van der Waals surface area contributed by atoms with Crippen molar-refractivity contribution in [3.63, 3.8) is 0 Å². The summed E-state index contributed by atoms with van der Waals surface area (Å²) in [6.07, 6.45) is 0.947. The van der Waals surface area contributed by atoms with Gasteiger partial charge in [-0.05, 0) is 46.9 Å². The van der Waals surface area contributed by atoms with Gasteiger partial charge in [-0.15, -0.1) is 0 Å². The number of nitrogens with one attached hydrogen (secondary N) is 1. The second-order valence-corrected chi connectivity index (χ2v) is 5.85. The molecule has 0 spiro atoms. The minimum atomic E-state index is 0.257. The number of nitrogen functional groups attached to an aromatic ring is 1. The number of fused-ring (bicyclic) bond motifs is 1. The zero-order valence-corrected chi connectivity index (χ0v) is 12.6. The van der Waals surface area contributed by atoms with E-state index in [9.17, 15) is 0 Å². The molecule has 3 N–H and O–H groups in total. The molecule has 1 atom stereocenters. The molecule has 0 amide bonds. The highest BCUT2D eigenvalue weighted by Crippen LogP contribution is 2.35. The number of hydrogen-bond donors (Lipinski definition) is 2. The fraction of sp³-hybridized carbons (Fsp3) is 0.200. The second kappa shape index (κ2) is 5.28. The summed E-state index contributed by atoms with van der Waals surface area (Å²) < 4.78 is 6.81. The molecule has 0 radical (unpaired) electrons. The van der Waals surface area contributed by atoms with Crippen molar-refractivity contribution in [1.29, 1.82) is 0 Å². The average molecular weight is 366 g/mol. The van der Waals surface area contributed by atoms with E-state index in [0.29, 0.717) is 0 Å². The van der Waals surface area contributed by atoms with E-state index >= 15 is 0 Å². The lowest BCUT2D eigenvalue weighted by molar-refractivity contribution is 0.274. The van der Waals surface area contributed by atoms with E-state index < -0.39 is 0 Å². The van der Waals surface area contributed by atoms with Crippen LogP contribution in [0, 0.1) is 3.57 Å². The van der Waals surface area contributed by atoms with Gasteiger partial charge < -0.3 is 15.8 Å². The molecule has 0 fully saturated rings. The van der Waals surface area contributed by atoms with Gasteiger partial charge in [0.05, 0.1) is 24.0 Å². The fourth-order valence-electron chi connectivity index (χ4n) is 2.34. The van der Waals surface area contributed by atoms with Crippen molar-refractivity contribution < 1.29 is 4.74 Å². The summed E-state index contributed by atoms with van der Waals surface area (Å²) in [6.45, 7) is 0.735. The van der Waals surface area contributed by atoms with E-state index in [4.69, 9.17) is 10.5 Å². The Balaban J connectivity index is 1.88. The van der Waals surface area contributed by atoms with E-state index in [1.165, 1.54) is 5.56 Å². The van der Waals surface area contributed by atoms with Crippen LogP contribution in [0.2, 0.25) is 0 Å². The first-order valence-electron chi connectivity index (χ1n) is 6.27. The molecule has 19 heavy (non-hydrogen) atoms. The normalized spacial score (nSPS) is 17.4. The Kier molecular flexibility index (Phi) is 3.50. The molecule has 1 heterocycles. The first kappa shape index (κ1) is 12.6. The smallest absolute Gasteiger partial charge is 0.124 e. The molecule has 1 unspecified atom stereocenters. The van der Waals surface area contributed by atoms with Gasteiger partial charge in [0.1, 0.15) is 5.75 Å². The predicted octanol–water partition coefficient (Wildman–Crippen LogP) is 3.81. The van der Waals surface area contributed by atoms with Crippen LogP contribution in [-0.4, -0.2) is 6.61 Å². The van der Waals surface area contributed by atoms with Gasteiger partial charge in [0.15, 0.2) is 0 Å². The van der Waals surface area contributed by atoms with Crippen molar-refractivity contribution in [1.82, 2.24) is 0 Å². The Hall–Kier alpha value is -1.43. The van der Waals surface area contributed by atoms with E-state index in [0.717, 1.165) is 33.7 Å². The second-order valence-electron chi connectivity index (χ2n) is 4.60. The van der Waals surface area contributed by atoms with E-state index in [-0.39, 0.29) is 6.04 Å². The Morgan fingerprint density at radius 2 is 2.05 bits per heavy atom. The molecule has 0 saturated carbocycles. The van der Waals surface area contributed by atoms with Gasteiger partial charge >= 0.3 is 0 Å². The highest BCUT2D eigenvalue weighted by atomic mass is 127. The third kappa shape index (κ3) is 2.63. The van der Waals surface area contributed by atoms with Crippen LogP contribution in [-0.2, 0) is 0 Å². The molecular weight excluding hydrogens is 351 g/mol. The molecule has 4 heteroatoms. The van der Waals surface area contributed by atoms with Crippen molar-refractivity contribution in [3.8, 4) is 5.75 Å². The standard InChI is InChI=1S/C15H15IN2O/c16-10-5-6-14(12(17)9-10)18-13-7-8-19-15-4-2-1-3-11(13)15/h1-6,9,13,18H,7-8,17H2. The molecule has 3 nitrogen and oxygen atoms in total. The van der Waals surface area contributed by atoms with Gasteiger partial charge in [0, 0.05) is 15.6 Å². The summed E-state index contributed by atoms with van der Waals surface area (Å²) in [5.74, 6) is 0.968. The summed E-state index contributed by atoms with van der Waals surface area (Å²) in [6, 6.07) is 14.5. The molecule has 1 aliphatic heterocycles. The number of hydrogen-bond acceptors (Lipinski definition) is 3. The van der Waals surface area contributed by atoms with Crippen LogP contribution >= 0.6 is 22.6 Å². The Morgan fingerprint density at radius 1 is 1.21 bits per heavy atom. The third-order valence-electron chi connectivity index (χ3n) is 3.30. The minimum absolute atomic E-state index is 0.257. The summed E-state index contributed by atoms with van der Waals surface area (Å²) in [7, 11) is 0. The zero-order valence-electron chi connectivity index (χ0n) is 10.4. The van der Waals surface area contributed by atoms with E-state index in [1.807, 2.05) is 30.3 Å². The number of anilines is 2. The molecule has 2 aromatic rings. The van der Waals surface area contributed by atoms with Crippen LogP contribution in [0.3, 0.4) is 0 Å². The quantitative estimate of drug-likeness (QED) is 0.628. The first-order valence-corrected chi connectivity index (χ1v) is 7.35. The molecule has 1 aliphatic rings. The van der Waals surface area contributed by atoms with Crippen molar-refractivity contribution in [3.05, 3.63) is 51.6 Å². The van der Waals surface area contributed by atoms with Crippen LogP contribution in [0.4, 0.5) is 11.4 Å². The molecule has 0 aromatic heterocycles. The van der Waals surface area contributed by atoms with Gasteiger partial charge in [0.25, 0.3) is 0 Å². The first-order chi connectivity index (χ1) is 9.24. The highest BCUT2D eigenvalue weighted by Gasteiger charge is 2.21. The number of rotatable bonds is 2. The van der Waals surface area contributed by atoms with Crippen molar-refractivity contribution in [2.24, 2.45) is 0 Å². The van der Waals surface area contributed by atoms with Crippen molar-refractivity contribution in [2.45, 2.75) is 12.5 Å². The van der Waals surface area contributed by atoms with Crippen LogP contribution in [0.1, 0.15) is 18.0 Å². The van der Waals surface area contributed by atoms with E-state index in [2.05, 4.69) is 40.0 Å². The van der Waals surface area contributed by atoms with E-state index in [1.54, 1.807) is 0 Å². The summed E-state index contributed by atoms with van der Waals surface area (Å²) in [5, 5.41) is 3.52. The largest absolute Gasteiger partial charge is 0.493 e. The molecule has 3 rings (SSSR count). The molecule has 2 aromatic carbocycles. The van der Waals surface area contributed by atoms with Gasteiger partial charge in [0.2, 0.25) is 0 Å². The monoisotopic (exact) mass is 366 g/mol. The SMILES string of the molecule is Nc1cc(I)ccc1NC1CCOc2ccccc21. The van der Waals surface area contributed by atoms with Crippen LogP contribution in [0.5, 0.6) is 5.75 Å². The third-order valence-corrected chi connectivity index (χ3v) is 3.97. The minimum Gasteiger partial charge on any atom is -0.493 e. The Bertz CT molecular complexity index is 600.